The molecule has 0 unspecified atom stereocenters. The van der Waals surface area contributed by atoms with Crippen molar-refractivity contribution in [3.8, 4) is 0 Å². The fourth-order valence-electron chi connectivity index (χ4n) is 3.35. The molecule has 4 rings (SSSR count). The highest BCUT2D eigenvalue weighted by molar-refractivity contribution is 7.98. The summed E-state index contributed by atoms with van der Waals surface area (Å²) >= 11 is 2.92. The minimum absolute atomic E-state index is 0.0870. The number of nitrogens with one attached hydrogen (secondary N) is 1. The molecule has 0 spiro atoms. The number of thioether (sulfide) groups is 1. The van der Waals surface area contributed by atoms with Crippen LogP contribution in [0.5, 0.6) is 0 Å². The van der Waals surface area contributed by atoms with E-state index in [0.717, 1.165) is 35.0 Å². The van der Waals surface area contributed by atoms with Crippen LogP contribution in [0.15, 0.2) is 34.2 Å². The Labute approximate surface area is 157 Å². The van der Waals surface area contributed by atoms with E-state index in [1.54, 1.807) is 29.5 Å². The zero-order valence-corrected chi connectivity index (χ0v) is 15.8. The number of thiophene rings is 1. The Morgan fingerprint density at radius 3 is 3.04 bits per heavy atom. The van der Waals surface area contributed by atoms with Gasteiger partial charge in [0.25, 0.3) is 11.2 Å². The van der Waals surface area contributed by atoms with Crippen LogP contribution in [-0.4, -0.2) is 14.9 Å². The number of rotatable bonds is 4. The Hall–Kier alpha value is -2.19. The lowest BCUT2D eigenvalue weighted by Crippen LogP contribution is -2.13. The van der Waals surface area contributed by atoms with Crippen LogP contribution in [0.1, 0.15) is 29.3 Å². The van der Waals surface area contributed by atoms with Crippen LogP contribution in [0.3, 0.4) is 0 Å². The minimum Gasteiger partial charge on any atom is -0.301 e. The third-order valence-corrected chi connectivity index (χ3v) is 6.77. The van der Waals surface area contributed by atoms with Crippen LogP contribution >= 0.6 is 23.1 Å². The number of fused-ring (bicyclic) bond motifs is 3. The molecule has 1 N–H and O–H groups in total. The van der Waals surface area contributed by atoms with E-state index >= 15 is 0 Å². The molecule has 0 radical (unpaired) electrons. The van der Waals surface area contributed by atoms with Gasteiger partial charge in [0, 0.05) is 22.3 Å². The van der Waals surface area contributed by atoms with Gasteiger partial charge in [0.1, 0.15) is 4.83 Å². The third kappa shape index (κ3) is 3.14. The molecule has 0 bridgehead atoms. The number of aromatic amines is 1. The van der Waals surface area contributed by atoms with E-state index in [0.29, 0.717) is 22.4 Å². The lowest BCUT2D eigenvalue weighted by atomic mass is 9.89. The first-order valence-electron chi connectivity index (χ1n) is 8.42. The molecule has 26 heavy (non-hydrogen) atoms. The number of hydrogen-bond acceptors (Lipinski definition) is 6. The molecule has 0 saturated heterocycles. The van der Waals surface area contributed by atoms with Gasteiger partial charge in [0.15, 0.2) is 5.16 Å². The number of hydrogen-bond donors (Lipinski definition) is 1. The van der Waals surface area contributed by atoms with Crippen molar-refractivity contribution in [3.63, 3.8) is 0 Å². The van der Waals surface area contributed by atoms with Crippen LogP contribution in [0, 0.1) is 16.0 Å². The Bertz CT molecular complexity index is 1060. The van der Waals surface area contributed by atoms with Gasteiger partial charge in [0.05, 0.1) is 10.3 Å². The molecule has 0 saturated carbocycles. The molecule has 2 aromatic heterocycles. The van der Waals surface area contributed by atoms with Crippen molar-refractivity contribution in [3.05, 3.63) is 60.7 Å². The first kappa shape index (κ1) is 17.2. The van der Waals surface area contributed by atoms with Crippen LogP contribution in [0.4, 0.5) is 5.69 Å². The van der Waals surface area contributed by atoms with E-state index in [1.807, 2.05) is 0 Å². The van der Waals surface area contributed by atoms with E-state index < -0.39 is 0 Å². The van der Waals surface area contributed by atoms with Gasteiger partial charge in [-0.15, -0.1) is 11.3 Å². The van der Waals surface area contributed by atoms with E-state index in [-0.39, 0.29) is 16.2 Å². The van der Waals surface area contributed by atoms with E-state index in [9.17, 15) is 14.9 Å². The topological polar surface area (TPSA) is 88.9 Å². The summed E-state index contributed by atoms with van der Waals surface area (Å²) in [5, 5.41) is 12.4. The second kappa shape index (κ2) is 6.85. The summed E-state index contributed by atoms with van der Waals surface area (Å²) < 4.78 is 0. The predicted octanol–water partition coefficient (Wildman–Crippen LogP) is 4.31. The summed E-state index contributed by atoms with van der Waals surface area (Å²) in [5.41, 5.74) is 1.76. The Balaban J connectivity index is 1.64. The molecular formula is C18H17N3O3S2. The molecule has 2 heterocycles. The van der Waals surface area contributed by atoms with E-state index in [1.165, 1.54) is 22.7 Å². The summed E-state index contributed by atoms with van der Waals surface area (Å²) in [4.78, 5) is 32.8. The summed E-state index contributed by atoms with van der Waals surface area (Å²) in [6.45, 7) is 2.24. The molecule has 0 fully saturated rings. The average Bonchev–Trinajstić information content (AvgIpc) is 2.97. The van der Waals surface area contributed by atoms with Gasteiger partial charge >= 0.3 is 0 Å². The highest BCUT2D eigenvalue weighted by Gasteiger charge is 2.23. The summed E-state index contributed by atoms with van der Waals surface area (Å²) in [5.74, 6) is 1.02. The maximum absolute atomic E-state index is 12.6. The standard InChI is InChI=1S/C18H17N3O3S2/c1-10-6-7-12-14(8-10)26-17-15(12)16(22)19-18(20-17)25-9-11-4-2-3-5-13(11)21(23)24/h2-5,10H,6-9H2,1H3,(H,19,20,22)/t10-/m1/s1. The zero-order chi connectivity index (χ0) is 18.3. The molecule has 1 aromatic carbocycles. The zero-order valence-electron chi connectivity index (χ0n) is 14.2. The van der Waals surface area contributed by atoms with Gasteiger partial charge in [-0.1, -0.05) is 36.9 Å². The number of aromatic nitrogens is 2. The smallest absolute Gasteiger partial charge is 0.273 e. The second-order valence-electron chi connectivity index (χ2n) is 6.58. The van der Waals surface area contributed by atoms with Crippen molar-refractivity contribution < 1.29 is 4.92 Å². The first-order valence-corrected chi connectivity index (χ1v) is 10.2. The number of H-pyrrole nitrogens is 1. The summed E-state index contributed by atoms with van der Waals surface area (Å²) in [6, 6.07) is 6.64. The van der Waals surface area contributed by atoms with Crippen LogP contribution < -0.4 is 5.56 Å². The largest absolute Gasteiger partial charge is 0.301 e. The van der Waals surface area contributed by atoms with Gasteiger partial charge in [0.2, 0.25) is 0 Å². The third-order valence-electron chi connectivity index (χ3n) is 4.70. The summed E-state index contributed by atoms with van der Waals surface area (Å²) in [6.07, 6.45) is 3.05. The van der Waals surface area contributed by atoms with Crippen molar-refractivity contribution >= 4 is 39.0 Å². The molecule has 134 valence electrons. The normalized spacial score (nSPS) is 16.6. The van der Waals surface area contributed by atoms with E-state index in [2.05, 4.69) is 16.9 Å². The van der Waals surface area contributed by atoms with Crippen LogP contribution in [0.25, 0.3) is 10.2 Å². The maximum atomic E-state index is 12.6. The Morgan fingerprint density at radius 1 is 1.42 bits per heavy atom. The van der Waals surface area contributed by atoms with E-state index in [4.69, 9.17) is 0 Å². The number of benzene rings is 1. The van der Waals surface area contributed by atoms with Gasteiger partial charge in [-0.3, -0.25) is 14.9 Å². The molecule has 1 atom stereocenters. The quantitative estimate of drug-likeness (QED) is 0.312. The fraction of sp³-hybridized carbons (Fsp3) is 0.333. The highest BCUT2D eigenvalue weighted by atomic mass is 32.2. The molecular weight excluding hydrogens is 370 g/mol. The molecule has 3 aromatic rings. The second-order valence-corrected chi connectivity index (χ2v) is 8.63. The lowest BCUT2D eigenvalue weighted by molar-refractivity contribution is -0.385. The number of nitrogens with zero attached hydrogens (tertiary/aromatic N) is 2. The van der Waals surface area contributed by atoms with Gasteiger partial charge in [-0.2, -0.15) is 0 Å². The fourth-order valence-corrected chi connectivity index (χ4v) is 5.65. The van der Waals surface area contributed by atoms with Crippen molar-refractivity contribution in [1.82, 2.24) is 9.97 Å². The van der Waals surface area contributed by atoms with Crippen molar-refractivity contribution in [1.29, 1.82) is 0 Å². The van der Waals surface area contributed by atoms with Crippen molar-refractivity contribution in [2.24, 2.45) is 5.92 Å². The SMILES string of the molecule is C[C@@H]1CCc2c(sc3nc(SCc4ccccc4[N+](=O)[O-])[nH]c(=O)c23)C1. The predicted molar refractivity (Wildman–Crippen MR) is 104 cm³/mol. The molecule has 1 aliphatic carbocycles. The summed E-state index contributed by atoms with van der Waals surface area (Å²) in [7, 11) is 0. The van der Waals surface area contributed by atoms with Crippen LogP contribution in [-0.2, 0) is 18.6 Å². The van der Waals surface area contributed by atoms with Crippen LogP contribution in [0.2, 0.25) is 0 Å². The number of nitro groups is 1. The Kier molecular flexibility index (Phi) is 4.54. The lowest BCUT2D eigenvalue weighted by Gasteiger charge is -2.17. The number of para-hydroxylation sites is 1. The average molecular weight is 387 g/mol. The maximum Gasteiger partial charge on any atom is 0.273 e. The molecule has 8 heteroatoms. The molecule has 0 aliphatic heterocycles. The van der Waals surface area contributed by atoms with Gasteiger partial charge in [-0.25, -0.2) is 4.98 Å². The molecule has 0 amide bonds. The Morgan fingerprint density at radius 2 is 2.23 bits per heavy atom. The number of nitro benzene ring substituents is 1. The molecule has 6 nitrogen and oxygen atoms in total. The first-order chi connectivity index (χ1) is 12.5. The van der Waals surface area contributed by atoms with Crippen molar-refractivity contribution in [2.45, 2.75) is 37.1 Å². The minimum atomic E-state index is -0.385. The molecule has 1 aliphatic rings. The highest BCUT2D eigenvalue weighted by Crippen LogP contribution is 2.36. The van der Waals surface area contributed by atoms with Crippen molar-refractivity contribution in [2.75, 3.05) is 0 Å². The van der Waals surface area contributed by atoms with Gasteiger partial charge < -0.3 is 4.98 Å². The monoisotopic (exact) mass is 387 g/mol. The number of aryl methyl sites for hydroxylation is 1. The van der Waals surface area contributed by atoms with Gasteiger partial charge in [-0.05, 0) is 30.7 Å².